The van der Waals surface area contributed by atoms with E-state index in [1.165, 1.54) is 12.3 Å². The van der Waals surface area contributed by atoms with Crippen molar-refractivity contribution in [1.82, 2.24) is 4.98 Å². The molecule has 0 amide bonds. The van der Waals surface area contributed by atoms with E-state index in [0.717, 1.165) is 0 Å². The van der Waals surface area contributed by atoms with Gasteiger partial charge in [-0.2, -0.15) is 0 Å². The van der Waals surface area contributed by atoms with Crippen molar-refractivity contribution in [3.8, 4) is 0 Å². The van der Waals surface area contributed by atoms with Crippen LogP contribution in [0.4, 0.5) is 0 Å². The van der Waals surface area contributed by atoms with Crippen LogP contribution in [0.2, 0.25) is 0 Å². The summed E-state index contributed by atoms with van der Waals surface area (Å²) in [5.41, 5.74) is 0.266. The van der Waals surface area contributed by atoms with Gasteiger partial charge >= 0.3 is 0 Å². The molecule has 6 heteroatoms. The van der Waals surface area contributed by atoms with Crippen molar-refractivity contribution >= 4 is 26.0 Å². The van der Waals surface area contributed by atoms with E-state index in [1.807, 2.05) is 20.8 Å². The number of nitrogens with two attached hydrogens (primary N) is 1. The summed E-state index contributed by atoms with van der Waals surface area (Å²) in [4.78, 5) is 4.14. The van der Waals surface area contributed by atoms with E-state index >= 15 is 0 Å². The Morgan fingerprint density at radius 1 is 1.40 bits per heavy atom. The summed E-state index contributed by atoms with van der Waals surface area (Å²) >= 11 is 3.24. The molecule has 15 heavy (non-hydrogen) atoms. The standard InChI is InChI=1S/C9H13BrN2O2S/c1-9(2,3)7-6(15(11,13)14)4-5-12-8(7)10/h4-5H,1-3H3,(H2,11,13,14). The van der Waals surface area contributed by atoms with Gasteiger partial charge < -0.3 is 0 Å². The van der Waals surface area contributed by atoms with Gasteiger partial charge in [-0.3, -0.25) is 0 Å². The van der Waals surface area contributed by atoms with Crippen molar-refractivity contribution in [2.45, 2.75) is 31.1 Å². The molecule has 84 valence electrons. The second-order valence-electron chi connectivity index (χ2n) is 4.27. The molecular formula is C9H13BrN2O2S. The van der Waals surface area contributed by atoms with E-state index in [-0.39, 0.29) is 10.3 Å². The summed E-state index contributed by atoms with van der Waals surface area (Å²) in [6, 6.07) is 1.42. The number of primary sulfonamides is 1. The van der Waals surface area contributed by atoms with Gasteiger partial charge in [-0.1, -0.05) is 20.8 Å². The zero-order chi connectivity index (χ0) is 11.9. The van der Waals surface area contributed by atoms with E-state index in [2.05, 4.69) is 20.9 Å². The van der Waals surface area contributed by atoms with Crippen LogP contribution in [0.1, 0.15) is 26.3 Å². The summed E-state index contributed by atoms with van der Waals surface area (Å²) in [5.74, 6) is 0. The van der Waals surface area contributed by atoms with Crippen molar-refractivity contribution in [2.24, 2.45) is 5.14 Å². The summed E-state index contributed by atoms with van der Waals surface area (Å²) in [6.07, 6.45) is 1.42. The van der Waals surface area contributed by atoms with Gasteiger partial charge in [0, 0.05) is 11.8 Å². The Bertz CT molecular complexity index is 477. The number of hydrogen-bond donors (Lipinski definition) is 1. The zero-order valence-electron chi connectivity index (χ0n) is 8.78. The van der Waals surface area contributed by atoms with Gasteiger partial charge in [-0.05, 0) is 27.4 Å². The highest BCUT2D eigenvalue weighted by Gasteiger charge is 2.26. The van der Waals surface area contributed by atoms with Crippen LogP contribution in [0.5, 0.6) is 0 Å². The van der Waals surface area contributed by atoms with E-state index in [0.29, 0.717) is 10.2 Å². The van der Waals surface area contributed by atoms with E-state index < -0.39 is 10.0 Å². The molecule has 1 rings (SSSR count). The van der Waals surface area contributed by atoms with Crippen LogP contribution in [-0.4, -0.2) is 13.4 Å². The summed E-state index contributed by atoms with van der Waals surface area (Å²) < 4.78 is 23.3. The number of sulfonamides is 1. The molecule has 0 saturated carbocycles. The molecule has 1 aromatic heterocycles. The third-order valence-corrected chi connectivity index (χ3v) is 3.48. The topological polar surface area (TPSA) is 73.1 Å². The first-order valence-corrected chi connectivity index (χ1v) is 6.66. The predicted octanol–water partition coefficient (Wildman–Crippen LogP) is 1.79. The fraction of sp³-hybridized carbons (Fsp3) is 0.444. The van der Waals surface area contributed by atoms with Crippen molar-refractivity contribution in [3.05, 3.63) is 22.4 Å². The normalized spacial score (nSPS) is 12.9. The smallest absolute Gasteiger partial charge is 0.238 e. The minimum atomic E-state index is -3.71. The van der Waals surface area contributed by atoms with Gasteiger partial charge in [0.25, 0.3) is 0 Å². The number of halogens is 1. The number of rotatable bonds is 1. The molecule has 0 radical (unpaired) electrons. The monoisotopic (exact) mass is 292 g/mol. The highest BCUT2D eigenvalue weighted by atomic mass is 79.9. The Kier molecular flexibility index (Phi) is 3.23. The van der Waals surface area contributed by atoms with Crippen LogP contribution in [0.3, 0.4) is 0 Å². The highest BCUT2D eigenvalue weighted by Crippen LogP contribution is 2.32. The van der Waals surface area contributed by atoms with Crippen LogP contribution < -0.4 is 5.14 Å². The third-order valence-electron chi connectivity index (χ3n) is 1.92. The molecule has 0 spiro atoms. The van der Waals surface area contributed by atoms with E-state index in [9.17, 15) is 8.42 Å². The third kappa shape index (κ3) is 2.76. The quantitative estimate of drug-likeness (QED) is 0.802. The second-order valence-corrected chi connectivity index (χ2v) is 6.55. The Balaban J connectivity index is 3.63. The molecule has 4 nitrogen and oxygen atoms in total. The molecular weight excluding hydrogens is 280 g/mol. The number of pyridine rings is 1. The van der Waals surface area contributed by atoms with Gasteiger partial charge in [-0.15, -0.1) is 0 Å². The Hall–Kier alpha value is -0.460. The molecule has 1 aromatic rings. The lowest BCUT2D eigenvalue weighted by molar-refractivity contribution is 0.556. The number of hydrogen-bond acceptors (Lipinski definition) is 3. The Morgan fingerprint density at radius 3 is 2.27 bits per heavy atom. The van der Waals surface area contributed by atoms with Crippen molar-refractivity contribution in [2.75, 3.05) is 0 Å². The lowest BCUT2D eigenvalue weighted by Crippen LogP contribution is -2.22. The SMILES string of the molecule is CC(C)(C)c1c(S(N)(=O)=O)ccnc1Br. The van der Waals surface area contributed by atoms with Gasteiger partial charge in [0.2, 0.25) is 10.0 Å². The maximum absolute atomic E-state index is 11.4. The maximum atomic E-state index is 11.4. The lowest BCUT2D eigenvalue weighted by atomic mass is 9.88. The predicted molar refractivity (Wildman–Crippen MR) is 62.0 cm³/mol. The highest BCUT2D eigenvalue weighted by molar-refractivity contribution is 9.10. The van der Waals surface area contributed by atoms with Gasteiger partial charge in [-0.25, -0.2) is 18.5 Å². The minimum Gasteiger partial charge on any atom is -0.249 e. The van der Waals surface area contributed by atoms with Crippen molar-refractivity contribution in [3.63, 3.8) is 0 Å². The maximum Gasteiger partial charge on any atom is 0.238 e. The average Bonchev–Trinajstić information content (AvgIpc) is 1.99. The molecule has 1 heterocycles. The Morgan fingerprint density at radius 2 is 1.93 bits per heavy atom. The lowest BCUT2D eigenvalue weighted by Gasteiger charge is -2.22. The minimum absolute atomic E-state index is 0.122. The van der Waals surface area contributed by atoms with Gasteiger partial charge in [0.1, 0.15) is 4.60 Å². The molecule has 0 unspecified atom stereocenters. The first-order valence-electron chi connectivity index (χ1n) is 4.32. The summed E-state index contributed by atoms with van der Waals surface area (Å²) in [6.45, 7) is 5.72. The summed E-state index contributed by atoms with van der Waals surface area (Å²) in [7, 11) is -3.71. The zero-order valence-corrected chi connectivity index (χ0v) is 11.2. The van der Waals surface area contributed by atoms with E-state index in [1.54, 1.807) is 0 Å². The fourth-order valence-electron chi connectivity index (χ4n) is 1.34. The summed E-state index contributed by atoms with van der Waals surface area (Å²) in [5, 5.41) is 5.15. The molecule has 0 aliphatic heterocycles. The molecule has 0 saturated heterocycles. The van der Waals surface area contributed by atoms with Crippen LogP contribution in [0.15, 0.2) is 21.8 Å². The first kappa shape index (κ1) is 12.6. The molecule has 2 N–H and O–H groups in total. The van der Waals surface area contributed by atoms with Gasteiger partial charge in [0.15, 0.2) is 0 Å². The number of nitrogens with zero attached hydrogens (tertiary/aromatic N) is 1. The van der Waals surface area contributed by atoms with E-state index in [4.69, 9.17) is 5.14 Å². The van der Waals surface area contributed by atoms with Crippen molar-refractivity contribution in [1.29, 1.82) is 0 Å². The van der Waals surface area contributed by atoms with Crippen LogP contribution >= 0.6 is 15.9 Å². The second kappa shape index (κ2) is 3.84. The van der Waals surface area contributed by atoms with Gasteiger partial charge in [0.05, 0.1) is 4.90 Å². The first-order chi connectivity index (χ1) is 6.64. The van der Waals surface area contributed by atoms with Crippen molar-refractivity contribution < 1.29 is 8.42 Å². The molecule has 0 aliphatic carbocycles. The number of aromatic nitrogens is 1. The van der Waals surface area contributed by atoms with Crippen LogP contribution in [0.25, 0.3) is 0 Å². The fourth-order valence-corrected chi connectivity index (χ4v) is 3.33. The largest absolute Gasteiger partial charge is 0.249 e. The van der Waals surface area contributed by atoms with Crippen LogP contribution in [-0.2, 0) is 15.4 Å². The average molecular weight is 293 g/mol. The molecule has 0 aliphatic rings. The molecule has 0 atom stereocenters. The Labute approximate surface area is 98.1 Å². The molecule has 0 aromatic carbocycles. The molecule has 0 bridgehead atoms. The van der Waals surface area contributed by atoms with Crippen LogP contribution in [0, 0.1) is 0 Å². The molecule has 0 fully saturated rings.